The van der Waals surface area contributed by atoms with Gasteiger partial charge in [-0.3, -0.25) is 9.88 Å². The molecule has 2 aliphatic heterocycles. The van der Waals surface area contributed by atoms with Crippen molar-refractivity contribution in [3.05, 3.63) is 48.0 Å². The summed E-state index contributed by atoms with van der Waals surface area (Å²) in [5, 5.41) is 13.1. The highest BCUT2D eigenvalue weighted by Gasteiger charge is 2.32. The number of hydrogen-bond acceptors (Lipinski definition) is 7. The second-order valence-electron chi connectivity index (χ2n) is 6.56. The average molecular weight is 386 g/mol. The summed E-state index contributed by atoms with van der Waals surface area (Å²) in [6.07, 6.45) is 0.373. The molecule has 146 valence electrons. The van der Waals surface area contributed by atoms with Gasteiger partial charge in [0.1, 0.15) is 24.2 Å². The lowest BCUT2D eigenvalue weighted by atomic mass is 10.1. The van der Waals surface area contributed by atoms with Crippen molar-refractivity contribution in [1.29, 1.82) is 0 Å². The number of aromatic nitrogens is 1. The zero-order valence-corrected chi connectivity index (χ0v) is 15.2. The molecule has 1 atom stereocenters. The number of aliphatic hydroxyl groups excluding tert-OH is 1. The number of aliphatic hydroxyl groups is 1. The largest absolute Gasteiger partial charge is 0.441 e. The molecule has 2 aromatic rings. The fraction of sp³-hybridized carbons (Fsp3) is 0.316. The van der Waals surface area contributed by atoms with E-state index < -0.39 is 18.0 Å². The molecule has 1 amide bonds. The number of carbonyl (C=O) groups excluding carboxylic acids is 1. The molecule has 1 saturated heterocycles. The molecule has 4 rings (SSSR count). The van der Waals surface area contributed by atoms with E-state index in [1.165, 1.54) is 11.0 Å². The van der Waals surface area contributed by atoms with E-state index in [0.29, 0.717) is 41.5 Å². The fourth-order valence-electron chi connectivity index (χ4n) is 3.12. The molecule has 1 aromatic carbocycles. The van der Waals surface area contributed by atoms with Crippen molar-refractivity contribution in [3.8, 4) is 11.1 Å². The third-order valence-corrected chi connectivity index (χ3v) is 4.68. The van der Waals surface area contributed by atoms with Crippen LogP contribution in [0.25, 0.3) is 11.1 Å². The topological polar surface area (TPSA) is 87.5 Å². The van der Waals surface area contributed by atoms with Crippen molar-refractivity contribution in [3.63, 3.8) is 0 Å². The third kappa shape index (κ3) is 3.36. The molecule has 1 unspecified atom stereocenters. The molecular weight excluding hydrogens is 367 g/mol. The molecule has 1 N–H and O–H groups in total. The molecule has 9 heteroatoms. The SMILES string of the molecule is CN1CCON=C1c1ccc(-c2ccc(N3CC(CO)OC3=O)cc2F)cn1. The number of halogens is 1. The Kier molecular flexibility index (Phi) is 4.82. The standard InChI is InChI=1S/C19H19FN4O4/c1-23-6-7-27-22-18(23)17-5-2-12(9-21-17)15-4-3-13(8-16(15)20)24-10-14(11-25)28-19(24)26/h2-5,8-9,14,25H,6-7,10-11H2,1H3. The van der Waals surface area contributed by atoms with E-state index in [2.05, 4.69) is 10.1 Å². The summed E-state index contributed by atoms with van der Waals surface area (Å²) >= 11 is 0. The Morgan fingerprint density at radius 1 is 1.32 bits per heavy atom. The minimum atomic E-state index is -0.600. The lowest BCUT2D eigenvalue weighted by molar-refractivity contribution is 0.0963. The predicted molar refractivity (Wildman–Crippen MR) is 99.5 cm³/mol. The van der Waals surface area contributed by atoms with Gasteiger partial charge in [-0.15, -0.1) is 0 Å². The molecule has 1 fully saturated rings. The first-order chi connectivity index (χ1) is 13.6. The Balaban J connectivity index is 1.56. The van der Waals surface area contributed by atoms with E-state index in [9.17, 15) is 9.18 Å². The number of amidine groups is 1. The van der Waals surface area contributed by atoms with Gasteiger partial charge in [-0.2, -0.15) is 0 Å². The highest BCUT2D eigenvalue weighted by Crippen LogP contribution is 2.29. The van der Waals surface area contributed by atoms with Crippen LogP contribution in [0.15, 0.2) is 41.7 Å². The molecule has 3 heterocycles. The number of oxime groups is 1. The Labute approximate surface area is 160 Å². The quantitative estimate of drug-likeness (QED) is 0.863. The molecule has 28 heavy (non-hydrogen) atoms. The van der Waals surface area contributed by atoms with Crippen LogP contribution in [-0.2, 0) is 9.57 Å². The Bertz CT molecular complexity index is 919. The van der Waals surface area contributed by atoms with E-state index in [1.807, 2.05) is 11.9 Å². The number of pyridine rings is 1. The molecular formula is C19H19FN4O4. The number of nitrogens with zero attached hydrogens (tertiary/aromatic N) is 4. The number of likely N-dealkylation sites (N-methyl/N-ethyl adjacent to an activating group) is 1. The van der Waals surface area contributed by atoms with Gasteiger partial charge in [0.05, 0.1) is 25.4 Å². The number of benzene rings is 1. The van der Waals surface area contributed by atoms with Gasteiger partial charge in [0.25, 0.3) is 0 Å². The van der Waals surface area contributed by atoms with Gasteiger partial charge in [-0.05, 0) is 24.3 Å². The Morgan fingerprint density at radius 2 is 2.18 bits per heavy atom. The molecule has 8 nitrogen and oxygen atoms in total. The first-order valence-corrected chi connectivity index (χ1v) is 8.83. The summed E-state index contributed by atoms with van der Waals surface area (Å²) in [5.41, 5.74) is 1.98. The van der Waals surface area contributed by atoms with E-state index in [1.54, 1.807) is 30.5 Å². The fourth-order valence-corrected chi connectivity index (χ4v) is 3.12. The van der Waals surface area contributed by atoms with Crippen molar-refractivity contribution in [2.75, 3.05) is 38.3 Å². The normalized spacial score (nSPS) is 19.3. The van der Waals surface area contributed by atoms with Crippen molar-refractivity contribution in [2.45, 2.75) is 6.10 Å². The number of anilines is 1. The maximum Gasteiger partial charge on any atom is 0.414 e. The molecule has 0 bridgehead atoms. The molecule has 2 aliphatic rings. The van der Waals surface area contributed by atoms with Crippen LogP contribution >= 0.6 is 0 Å². The van der Waals surface area contributed by atoms with Crippen LogP contribution in [0.4, 0.5) is 14.9 Å². The molecule has 1 aromatic heterocycles. The van der Waals surface area contributed by atoms with Crippen molar-refractivity contribution >= 4 is 17.6 Å². The van der Waals surface area contributed by atoms with Crippen LogP contribution < -0.4 is 4.90 Å². The van der Waals surface area contributed by atoms with E-state index in [4.69, 9.17) is 14.7 Å². The molecule has 0 radical (unpaired) electrons. The number of rotatable bonds is 4. The molecule has 0 spiro atoms. The molecule has 0 saturated carbocycles. The van der Waals surface area contributed by atoms with Crippen LogP contribution in [0.2, 0.25) is 0 Å². The Hall–Kier alpha value is -3.20. The first kappa shape index (κ1) is 18.2. The third-order valence-electron chi connectivity index (χ3n) is 4.68. The monoisotopic (exact) mass is 386 g/mol. The maximum absolute atomic E-state index is 14.7. The van der Waals surface area contributed by atoms with Gasteiger partial charge in [0.2, 0.25) is 0 Å². The number of ether oxygens (including phenoxy) is 1. The maximum atomic E-state index is 14.7. The van der Waals surface area contributed by atoms with Gasteiger partial charge < -0.3 is 19.6 Å². The Morgan fingerprint density at radius 3 is 2.82 bits per heavy atom. The van der Waals surface area contributed by atoms with E-state index in [-0.39, 0.29) is 13.2 Å². The van der Waals surface area contributed by atoms with E-state index >= 15 is 0 Å². The van der Waals surface area contributed by atoms with Crippen LogP contribution in [0.5, 0.6) is 0 Å². The minimum absolute atomic E-state index is 0.183. The zero-order valence-electron chi connectivity index (χ0n) is 15.2. The second kappa shape index (κ2) is 7.43. The summed E-state index contributed by atoms with van der Waals surface area (Å²) in [6, 6.07) is 8.03. The first-order valence-electron chi connectivity index (χ1n) is 8.83. The lowest BCUT2D eigenvalue weighted by Crippen LogP contribution is -2.34. The summed E-state index contributed by atoms with van der Waals surface area (Å²) in [5.74, 6) is 0.141. The van der Waals surface area contributed by atoms with Gasteiger partial charge in [-0.1, -0.05) is 11.2 Å². The van der Waals surface area contributed by atoms with Crippen molar-refractivity contribution in [1.82, 2.24) is 9.88 Å². The zero-order chi connectivity index (χ0) is 19.7. The average Bonchev–Trinajstić information content (AvgIpc) is 3.09. The highest BCUT2D eigenvalue weighted by atomic mass is 19.1. The lowest BCUT2D eigenvalue weighted by Gasteiger charge is -2.23. The van der Waals surface area contributed by atoms with Gasteiger partial charge >= 0.3 is 6.09 Å². The smallest absolute Gasteiger partial charge is 0.414 e. The van der Waals surface area contributed by atoms with Gasteiger partial charge in [0, 0.05) is 24.4 Å². The molecule has 0 aliphatic carbocycles. The van der Waals surface area contributed by atoms with Gasteiger partial charge in [-0.25, -0.2) is 9.18 Å². The van der Waals surface area contributed by atoms with Gasteiger partial charge in [0.15, 0.2) is 5.84 Å². The van der Waals surface area contributed by atoms with E-state index in [0.717, 1.165) is 0 Å². The number of amides is 1. The number of carbonyl (C=O) groups is 1. The van der Waals surface area contributed by atoms with Crippen LogP contribution in [0.1, 0.15) is 5.69 Å². The number of cyclic esters (lactones) is 1. The number of hydrogen-bond donors (Lipinski definition) is 1. The van der Waals surface area contributed by atoms with Crippen LogP contribution in [0.3, 0.4) is 0 Å². The minimum Gasteiger partial charge on any atom is -0.441 e. The van der Waals surface area contributed by atoms with Crippen LogP contribution in [-0.4, -0.2) is 66.4 Å². The predicted octanol–water partition coefficient (Wildman–Crippen LogP) is 1.83. The summed E-state index contributed by atoms with van der Waals surface area (Å²) in [6.45, 7) is 1.15. The summed E-state index contributed by atoms with van der Waals surface area (Å²) < 4.78 is 19.7. The van der Waals surface area contributed by atoms with Crippen molar-refractivity contribution < 1.29 is 23.9 Å². The van der Waals surface area contributed by atoms with Crippen LogP contribution in [0, 0.1) is 5.82 Å². The summed E-state index contributed by atoms with van der Waals surface area (Å²) in [4.78, 5) is 24.6. The van der Waals surface area contributed by atoms with Crippen molar-refractivity contribution in [2.24, 2.45) is 5.16 Å². The highest BCUT2D eigenvalue weighted by molar-refractivity contribution is 5.97. The summed E-state index contributed by atoms with van der Waals surface area (Å²) in [7, 11) is 1.90. The second-order valence-corrected chi connectivity index (χ2v) is 6.56.